The molecule has 0 spiro atoms. The molecule has 1 saturated heterocycles. The molecule has 0 aliphatic carbocycles. The summed E-state index contributed by atoms with van der Waals surface area (Å²) in [7, 11) is 2.06. The molecule has 2 nitrogen and oxygen atoms in total. The number of nitrogens with zero attached hydrogens (tertiary/aromatic N) is 1. The molecule has 3 heteroatoms. The lowest BCUT2D eigenvalue weighted by Crippen LogP contribution is -2.27. The van der Waals surface area contributed by atoms with Crippen molar-refractivity contribution >= 4 is 12.4 Å². The molecule has 0 aromatic rings. The molecule has 1 atom stereocenters. The standard InChI is InChI=1S/C6H13NO.ClH/c1-7-4-2-3-6(7)5-8;/h6,8H,2-5H2,1H3;1H. The molecule has 1 N–H and O–H groups in total. The van der Waals surface area contributed by atoms with E-state index >= 15 is 0 Å². The first kappa shape index (κ1) is 9.21. The van der Waals surface area contributed by atoms with Crippen molar-refractivity contribution in [2.75, 3.05) is 20.2 Å². The Balaban J connectivity index is 0.000000640. The van der Waals surface area contributed by atoms with Crippen molar-refractivity contribution in [2.45, 2.75) is 18.9 Å². The summed E-state index contributed by atoms with van der Waals surface area (Å²) in [6.45, 7) is 1.49. The third kappa shape index (κ3) is 2.12. The van der Waals surface area contributed by atoms with Gasteiger partial charge in [0, 0.05) is 6.04 Å². The van der Waals surface area contributed by atoms with Gasteiger partial charge in [-0.2, -0.15) is 0 Å². The Labute approximate surface area is 62.3 Å². The van der Waals surface area contributed by atoms with E-state index in [0.29, 0.717) is 12.6 Å². The molecule has 1 fully saturated rings. The first-order chi connectivity index (χ1) is 3.84. The van der Waals surface area contributed by atoms with Crippen LogP contribution in [-0.2, 0) is 0 Å². The predicted molar refractivity (Wildman–Crippen MR) is 40.0 cm³/mol. The normalized spacial score (nSPS) is 28.0. The fraction of sp³-hybridized carbons (Fsp3) is 1.00. The molecule has 0 aromatic carbocycles. The summed E-state index contributed by atoms with van der Waals surface area (Å²) < 4.78 is 0. The maximum atomic E-state index is 8.69. The van der Waals surface area contributed by atoms with Gasteiger partial charge in [-0.25, -0.2) is 0 Å². The third-order valence-corrected chi connectivity index (χ3v) is 1.88. The van der Waals surface area contributed by atoms with Gasteiger partial charge < -0.3 is 10.0 Å². The number of likely N-dealkylation sites (N-methyl/N-ethyl adjacent to an activating group) is 1. The minimum absolute atomic E-state index is 0. The monoisotopic (exact) mass is 151 g/mol. The van der Waals surface area contributed by atoms with Crippen molar-refractivity contribution in [3.05, 3.63) is 0 Å². The van der Waals surface area contributed by atoms with Crippen molar-refractivity contribution in [2.24, 2.45) is 0 Å². The number of aliphatic hydroxyl groups excluding tert-OH is 1. The summed E-state index contributed by atoms with van der Waals surface area (Å²) in [5, 5.41) is 8.69. The highest BCUT2D eigenvalue weighted by Crippen LogP contribution is 2.12. The molecule has 1 heterocycles. The largest absolute Gasteiger partial charge is 0.395 e. The lowest BCUT2D eigenvalue weighted by molar-refractivity contribution is 0.182. The lowest BCUT2D eigenvalue weighted by Gasteiger charge is -2.15. The van der Waals surface area contributed by atoms with E-state index in [0.717, 1.165) is 6.54 Å². The van der Waals surface area contributed by atoms with Crippen molar-refractivity contribution < 1.29 is 5.11 Å². The SMILES string of the molecule is CN1CCCC1CO.Cl. The fourth-order valence-corrected chi connectivity index (χ4v) is 1.21. The second-order valence-corrected chi connectivity index (χ2v) is 2.46. The molecule has 1 unspecified atom stereocenters. The summed E-state index contributed by atoms with van der Waals surface area (Å²) in [4.78, 5) is 2.21. The average Bonchev–Trinajstić information content (AvgIpc) is 2.14. The Kier molecular flexibility index (Phi) is 4.19. The summed E-state index contributed by atoms with van der Waals surface area (Å²) in [5.41, 5.74) is 0. The Morgan fingerprint density at radius 3 is 2.56 bits per heavy atom. The second kappa shape index (κ2) is 4.09. The highest BCUT2D eigenvalue weighted by molar-refractivity contribution is 5.85. The molecular formula is C6H14ClNO. The van der Waals surface area contributed by atoms with Crippen LogP contribution in [0.1, 0.15) is 12.8 Å². The van der Waals surface area contributed by atoms with Crippen LogP contribution < -0.4 is 0 Å². The van der Waals surface area contributed by atoms with E-state index < -0.39 is 0 Å². The van der Waals surface area contributed by atoms with E-state index in [9.17, 15) is 0 Å². The Hall–Kier alpha value is 0.210. The van der Waals surface area contributed by atoms with Crippen molar-refractivity contribution in [3.63, 3.8) is 0 Å². The molecule has 0 saturated carbocycles. The van der Waals surface area contributed by atoms with E-state index in [1.165, 1.54) is 12.8 Å². The second-order valence-electron chi connectivity index (χ2n) is 2.46. The zero-order valence-electron chi connectivity index (χ0n) is 5.71. The maximum Gasteiger partial charge on any atom is 0.0586 e. The van der Waals surface area contributed by atoms with Crippen LogP contribution in [0, 0.1) is 0 Å². The van der Waals surface area contributed by atoms with E-state index in [4.69, 9.17) is 5.11 Å². The average molecular weight is 152 g/mol. The molecule has 1 rings (SSSR count). The minimum atomic E-state index is 0. The number of hydrogen-bond donors (Lipinski definition) is 1. The number of rotatable bonds is 1. The van der Waals surface area contributed by atoms with Crippen LogP contribution in [0.25, 0.3) is 0 Å². The zero-order valence-corrected chi connectivity index (χ0v) is 6.52. The molecule has 1 aliphatic rings. The molecule has 0 bridgehead atoms. The molecule has 1 aliphatic heterocycles. The van der Waals surface area contributed by atoms with Gasteiger partial charge in [0.1, 0.15) is 0 Å². The van der Waals surface area contributed by atoms with Crippen LogP contribution in [-0.4, -0.2) is 36.2 Å². The van der Waals surface area contributed by atoms with Gasteiger partial charge >= 0.3 is 0 Å². The number of halogens is 1. The van der Waals surface area contributed by atoms with Crippen LogP contribution in [0.4, 0.5) is 0 Å². The van der Waals surface area contributed by atoms with Crippen LogP contribution in [0.2, 0.25) is 0 Å². The van der Waals surface area contributed by atoms with Crippen LogP contribution in [0.5, 0.6) is 0 Å². The zero-order chi connectivity index (χ0) is 5.98. The van der Waals surface area contributed by atoms with E-state index in [-0.39, 0.29) is 12.4 Å². The van der Waals surface area contributed by atoms with Gasteiger partial charge in [0.05, 0.1) is 6.61 Å². The van der Waals surface area contributed by atoms with Gasteiger partial charge in [0.25, 0.3) is 0 Å². The van der Waals surface area contributed by atoms with E-state index in [1.807, 2.05) is 0 Å². The Morgan fingerprint density at radius 2 is 2.33 bits per heavy atom. The summed E-state index contributed by atoms with van der Waals surface area (Å²) in [5.74, 6) is 0. The number of aliphatic hydroxyl groups is 1. The van der Waals surface area contributed by atoms with Crippen molar-refractivity contribution in [1.82, 2.24) is 4.90 Å². The van der Waals surface area contributed by atoms with E-state index in [2.05, 4.69) is 11.9 Å². The van der Waals surface area contributed by atoms with Gasteiger partial charge in [-0.1, -0.05) is 0 Å². The van der Waals surface area contributed by atoms with Crippen LogP contribution >= 0.6 is 12.4 Å². The highest BCUT2D eigenvalue weighted by Gasteiger charge is 2.18. The third-order valence-electron chi connectivity index (χ3n) is 1.88. The van der Waals surface area contributed by atoms with Crippen molar-refractivity contribution in [3.8, 4) is 0 Å². The maximum absolute atomic E-state index is 8.69. The van der Waals surface area contributed by atoms with Crippen LogP contribution in [0.15, 0.2) is 0 Å². The predicted octanol–water partition coefficient (Wildman–Crippen LogP) is 0.495. The van der Waals surface area contributed by atoms with Gasteiger partial charge in [-0.3, -0.25) is 0 Å². The molecule has 0 amide bonds. The fourth-order valence-electron chi connectivity index (χ4n) is 1.21. The molecular weight excluding hydrogens is 138 g/mol. The summed E-state index contributed by atoms with van der Waals surface area (Å²) in [6, 6.07) is 0.454. The Morgan fingerprint density at radius 1 is 1.67 bits per heavy atom. The van der Waals surface area contributed by atoms with Gasteiger partial charge in [-0.05, 0) is 26.4 Å². The summed E-state index contributed by atoms with van der Waals surface area (Å²) in [6.07, 6.45) is 2.43. The first-order valence-corrected chi connectivity index (χ1v) is 3.15. The van der Waals surface area contributed by atoms with Gasteiger partial charge in [-0.15, -0.1) is 12.4 Å². The van der Waals surface area contributed by atoms with Gasteiger partial charge in [0.15, 0.2) is 0 Å². The van der Waals surface area contributed by atoms with Crippen LogP contribution in [0.3, 0.4) is 0 Å². The number of hydrogen-bond acceptors (Lipinski definition) is 2. The summed E-state index contributed by atoms with van der Waals surface area (Å²) >= 11 is 0. The molecule has 0 aromatic heterocycles. The van der Waals surface area contributed by atoms with Gasteiger partial charge in [0.2, 0.25) is 0 Å². The molecule has 56 valence electrons. The first-order valence-electron chi connectivity index (χ1n) is 3.15. The molecule has 0 radical (unpaired) electrons. The smallest absolute Gasteiger partial charge is 0.0586 e. The lowest BCUT2D eigenvalue weighted by atomic mass is 10.2. The minimum Gasteiger partial charge on any atom is -0.395 e. The number of likely N-dealkylation sites (tertiary alicyclic amines) is 1. The highest BCUT2D eigenvalue weighted by atomic mass is 35.5. The van der Waals surface area contributed by atoms with E-state index in [1.54, 1.807) is 0 Å². The topological polar surface area (TPSA) is 23.5 Å². The quantitative estimate of drug-likeness (QED) is 0.590. The Bertz CT molecular complexity index is 79.5. The van der Waals surface area contributed by atoms with Crippen molar-refractivity contribution in [1.29, 1.82) is 0 Å². The molecule has 9 heavy (non-hydrogen) atoms.